The molecule has 0 aromatic rings. The Hall–Kier alpha value is -2.41. The summed E-state index contributed by atoms with van der Waals surface area (Å²) in [4.78, 5) is 32.9. The molecule has 3 aliphatic heterocycles. The van der Waals surface area contributed by atoms with Crippen LogP contribution in [-0.2, 0) is 9.59 Å². The quantitative estimate of drug-likeness (QED) is 0.380. The predicted octanol–water partition coefficient (Wildman–Crippen LogP) is 4.54. The van der Waals surface area contributed by atoms with E-state index in [1.165, 1.54) is 0 Å². The van der Waals surface area contributed by atoms with Crippen molar-refractivity contribution in [2.24, 2.45) is 16.2 Å². The van der Waals surface area contributed by atoms with Gasteiger partial charge in [-0.3, -0.25) is 14.5 Å². The zero-order valence-electron chi connectivity index (χ0n) is 25.9. The molecule has 3 saturated heterocycles. The minimum atomic E-state index is -0.483. The highest BCUT2D eigenvalue weighted by molar-refractivity contribution is 5.83. The first-order chi connectivity index (χ1) is 16.4. The highest BCUT2D eigenvalue weighted by Gasteiger charge is 2.72. The van der Waals surface area contributed by atoms with Crippen LogP contribution in [0.2, 0.25) is 0 Å². The number of likely N-dealkylation sites (tertiary alicyclic amines) is 3. The van der Waals surface area contributed by atoms with Gasteiger partial charge in [0.2, 0.25) is 11.8 Å². The lowest BCUT2D eigenvalue weighted by atomic mass is 9.60. The van der Waals surface area contributed by atoms with Crippen molar-refractivity contribution in [1.29, 1.82) is 5.26 Å². The van der Waals surface area contributed by atoms with Gasteiger partial charge in [0, 0.05) is 42.4 Å². The summed E-state index contributed by atoms with van der Waals surface area (Å²) in [6.07, 6.45) is 8.83. The molecule has 3 fully saturated rings. The summed E-state index contributed by atoms with van der Waals surface area (Å²) in [5.41, 5.74) is -2.30. The van der Waals surface area contributed by atoms with Gasteiger partial charge in [0.15, 0.2) is 6.19 Å². The number of hydrogen-bond acceptors (Lipinski definition) is 5. The number of rotatable bonds is 1. The third kappa shape index (κ3) is 4.47. The van der Waals surface area contributed by atoms with Gasteiger partial charge >= 0.3 is 0 Å². The summed E-state index contributed by atoms with van der Waals surface area (Å²) in [5.74, 6) is 0.360. The molecule has 0 saturated carbocycles. The number of piperazine rings is 1. The lowest BCUT2D eigenvalue weighted by Crippen LogP contribution is -2.66. The zero-order chi connectivity index (χ0) is 29.2. The summed E-state index contributed by atoms with van der Waals surface area (Å²) in [7, 11) is 1.88. The van der Waals surface area contributed by atoms with Crippen LogP contribution in [0.25, 0.3) is 0 Å². The van der Waals surface area contributed by atoms with Gasteiger partial charge in [-0.2, -0.15) is 5.26 Å². The van der Waals surface area contributed by atoms with E-state index < -0.39 is 16.5 Å². The number of carbonyl (C=O) groups is 2. The smallest absolute Gasteiger partial charge is 0.228 e. The number of amides is 2. The van der Waals surface area contributed by atoms with Crippen LogP contribution in [0.4, 0.5) is 0 Å². The lowest BCUT2D eigenvalue weighted by molar-refractivity contribution is -0.151. The van der Waals surface area contributed by atoms with E-state index in [-0.39, 0.29) is 28.2 Å². The number of fused-ring (bicyclic) bond motifs is 2. The highest BCUT2D eigenvalue weighted by Crippen LogP contribution is 2.61. The molecule has 7 heteroatoms. The van der Waals surface area contributed by atoms with E-state index in [1.54, 1.807) is 0 Å². The number of likely N-dealkylation sites (N-methyl/N-ethyl adjacent to an activating group) is 1. The summed E-state index contributed by atoms with van der Waals surface area (Å²) in [5, 5.41) is 9.75. The van der Waals surface area contributed by atoms with E-state index in [9.17, 15) is 14.9 Å². The van der Waals surface area contributed by atoms with Crippen molar-refractivity contribution >= 4 is 11.8 Å². The third-order valence-corrected chi connectivity index (χ3v) is 10.1. The number of nitriles is 1. The van der Waals surface area contributed by atoms with Gasteiger partial charge in [-0.05, 0) is 41.0 Å². The van der Waals surface area contributed by atoms with Gasteiger partial charge in [0.25, 0.3) is 0 Å². The van der Waals surface area contributed by atoms with Crippen LogP contribution in [0.15, 0.2) is 0 Å². The molecule has 0 aromatic heterocycles. The maximum Gasteiger partial charge on any atom is 0.228 e. The highest BCUT2D eigenvalue weighted by atomic mass is 16.2. The Balaban J connectivity index is 0.000000278. The molecule has 0 aromatic carbocycles. The minimum absolute atomic E-state index is 0.103. The first kappa shape index (κ1) is 30.8. The second-order valence-electron chi connectivity index (χ2n) is 14.9. The van der Waals surface area contributed by atoms with Crippen LogP contribution >= 0.6 is 0 Å². The number of terminal acetylenes is 1. The molecule has 208 valence electrons. The molecule has 0 radical (unpaired) electrons. The van der Waals surface area contributed by atoms with Crippen molar-refractivity contribution < 1.29 is 9.59 Å². The molecule has 3 rings (SSSR count). The predicted molar refractivity (Wildman–Crippen MR) is 149 cm³/mol. The van der Waals surface area contributed by atoms with Gasteiger partial charge in [-0.1, -0.05) is 61.8 Å². The molecule has 3 aliphatic rings. The van der Waals surface area contributed by atoms with E-state index in [4.69, 9.17) is 6.42 Å². The normalized spacial score (nSPS) is 29.2. The summed E-state index contributed by atoms with van der Waals surface area (Å²) in [6, 6.07) is 3.43. The average molecular weight is 514 g/mol. The second-order valence-corrected chi connectivity index (χ2v) is 14.9. The maximum absolute atomic E-state index is 13.0. The summed E-state index contributed by atoms with van der Waals surface area (Å²) >= 11 is 0. The fourth-order valence-corrected chi connectivity index (χ4v) is 6.85. The van der Waals surface area contributed by atoms with Crippen LogP contribution < -0.4 is 0 Å². The molecule has 0 aliphatic carbocycles. The fourth-order valence-electron chi connectivity index (χ4n) is 6.85. The minimum Gasteiger partial charge on any atom is -0.337 e. The average Bonchev–Trinajstić information content (AvgIpc) is 3.37. The molecule has 2 amide bonds. The second kappa shape index (κ2) is 9.11. The molecule has 7 nitrogen and oxygen atoms in total. The van der Waals surface area contributed by atoms with Crippen LogP contribution in [0.3, 0.4) is 0 Å². The topological polar surface area (TPSA) is 70.9 Å². The molecule has 3 heterocycles. The fraction of sp³-hybridized carbons (Fsp3) is 0.833. The van der Waals surface area contributed by atoms with Crippen molar-refractivity contribution in [3.05, 3.63) is 0 Å². The van der Waals surface area contributed by atoms with Crippen molar-refractivity contribution in [1.82, 2.24) is 19.6 Å². The number of nitrogens with zero attached hydrogens (tertiary/aromatic N) is 5. The van der Waals surface area contributed by atoms with E-state index in [1.807, 2.05) is 68.2 Å². The molecule has 3 unspecified atom stereocenters. The van der Waals surface area contributed by atoms with Crippen molar-refractivity contribution in [2.75, 3.05) is 20.1 Å². The summed E-state index contributed by atoms with van der Waals surface area (Å²) < 4.78 is 0. The molecule has 37 heavy (non-hydrogen) atoms. The van der Waals surface area contributed by atoms with Crippen LogP contribution in [0, 0.1) is 40.2 Å². The van der Waals surface area contributed by atoms with Gasteiger partial charge in [-0.15, -0.1) is 0 Å². The molecule has 3 atom stereocenters. The van der Waals surface area contributed by atoms with E-state index in [0.29, 0.717) is 12.1 Å². The lowest BCUT2D eigenvalue weighted by Gasteiger charge is -2.54. The largest absolute Gasteiger partial charge is 0.337 e. The Morgan fingerprint density at radius 2 is 1.41 bits per heavy atom. The van der Waals surface area contributed by atoms with E-state index in [2.05, 4.69) is 60.7 Å². The van der Waals surface area contributed by atoms with Crippen molar-refractivity contribution in [2.45, 2.75) is 125 Å². The van der Waals surface area contributed by atoms with Crippen LogP contribution in [0.1, 0.15) is 96.4 Å². The monoisotopic (exact) mass is 513 g/mol. The SMILES string of the molecule is C#CN1CC2CC1CN2C(=O)C(C)(C)C.CN(C(=O)C(C)(C)C)C1(C)C(C)(C)N(C#N)C(C)(C)C1(C)C. The van der Waals surface area contributed by atoms with Gasteiger partial charge in [0.05, 0.1) is 28.7 Å². The van der Waals surface area contributed by atoms with Gasteiger partial charge in [0.1, 0.15) is 0 Å². The Labute approximate surface area is 226 Å². The van der Waals surface area contributed by atoms with Crippen LogP contribution in [-0.4, -0.2) is 80.3 Å². The molecule has 0 spiro atoms. The third-order valence-electron chi connectivity index (χ3n) is 10.1. The maximum atomic E-state index is 13.0. The Morgan fingerprint density at radius 3 is 1.73 bits per heavy atom. The van der Waals surface area contributed by atoms with Gasteiger partial charge in [-0.25, -0.2) is 0 Å². The zero-order valence-corrected chi connectivity index (χ0v) is 25.9. The first-order valence-electron chi connectivity index (χ1n) is 13.5. The Morgan fingerprint density at radius 1 is 0.892 bits per heavy atom. The summed E-state index contributed by atoms with van der Waals surface area (Å²) in [6.45, 7) is 28.2. The van der Waals surface area contributed by atoms with E-state index in [0.717, 1.165) is 19.5 Å². The number of carbonyl (C=O) groups excluding carboxylic acids is 2. The first-order valence-corrected chi connectivity index (χ1v) is 13.5. The molecule has 2 bridgehead atoms. The molecular formula is C30H51N5O2. The van der Waals surface area contributed by atoms with Gasteiger partial charge < -0.3 is 14.7 Å². The van der Waals surface area contributed by atoms with Crippen LogP contribution in [0.5, 0.6) is 0 Å². The molecule has 0 N–H and O–H groups in total. The Bertz CT molecular complexity index is 1000. The Kier molecular flexibility index (Phi) is 7.58. The molecular weight excluding hydrogens is 462 g/mol. The van der Waals surface area contributed by atoms with Crippen molar-refractivity contribution in [3.8, 4) is 18.7 Å². The van der Waals surface area contributed by atoms with E-state index >= 15 is 0 Å². The standard InChI is InChI=1S/C18H33N3O.C12H18N2O/c1-14(2,3)13(22)20(11)18(10)15(4,5)16(6,7)21(12-19)17(18,8)9;1-5-13-7-10-6-9(13)8-14(10)11(15)12(2,3)4/h1-11H3;1,9-10H,6-8H2,2-4H3. The van der Waals surface area contributed by atoms with Crippen molar-refractivity contribution in [3.63, 3.8) is 0 Å². The number of hydrogen-bond donors (Lipinski definition) is 0.